The smallest absolute Gasteiger partial charge is 0.379 e. The van der Waals surface area contributed by atoms with Crippen LogP contribution in [0.3, 0.4) is 0 Å². The van der Waals surface area contributed by atoms with Crippen molar-refractivity contribution in [2.75, 3.05) is 13.2 Å². The van der Waals surface area contributed by atoms with E-state index in [1.165, 1.54) is 6.07 Å². The molecule has 0 aliphatic heterocycles. The quantitative estimate of drug-likeness (QED) is 0.452. The van der Waals surface area contributed by atoms with Crippen molar-refractivity contribution in [1.29, 1.82) is 0 Å². The second-order valence-corrected chi connectivity index (χ2v) is 5.42. The summed E-state index contributed by atoms with van der Waals surface area (Å²) >= 11 is 3.16. The molecule has 0 unspecified atom stereocenters. The minimum atomic E-state index is -1.01. The van der Waals surface area contributed by atoms with E-state index in [1.54, 1.807) is 6.92 Å². The highest BCUT2D eigenvalue weighted by atomic mass is 79.9. The Balaban J connectivity index is 2.27. The number of ketones is 1. The molecule has 2 rings (SSSR count). The van der Waals surface area contributed by atoms with Gasteiger partial charge in [-0.25, -0.2) is 9.18 Å². The molecule has 0 radical (unpaired) electrons. The van der Waals surface area contributed by atoms with Gasteiger partial charge in [-0.2, -0.15) is 0 Å². The van der Waals surface area contributed by atoms with E-state index in [0.29, 0.717) is 17.0 Å². The van der Waals surface area contributed by atoms with Crippen LogP contribution in [0.4, 0.5) is 4.39 Å². The van der Waals surface area contributed by atoms with Gasteiger partial charge in [0.1, 0.15) is 11.6 Å². The zero-order valence-electron chi connectivity index (χ0n) is 10.9. The fraction of sp³-hybridized carbons (Fsp3) is 0.429. The van der Waals surface area contributed by atoms with Crippen molar-refractivity contribution in [1.82, 2.24) is 0 Å². The van der Waals surface area contributed by atoms with E-state index in [2.05, 4.69) is 20.7 Å². The Morgan fingerprint density at radius 3 is 2.70 bits per heavy atom. The van der Waals surface area contributed by atoms with Crippen LogP contribution < -0.4 is 4.74 Å². The fourth-order valence-electron chi connectivity index (χ4n) is 1.67. The zero-order valence-corrected chi connectivity index (χ0v) is 12.5. The molecule has 1 aromatic carbocycles. The predicted molar refractivity (Wildman–Crippen MR) is 73.3 cm³/mol. The minimum Gasteiger partial charge on any atom is -0.491 e. The summed E-state index contributed by atoms with van der Waals surface area (Å²) in [6.07, 6.45) is 2.17. The normalized spacial score (nSPS) is 13.9. The van der Waals surface area contributed by atoms with Gasteiger partial charge in [0.15, 0.2) is 0 Å². The highest BCUT2D eigenvalue weighted by Gasteiger charge is 2.27. The first kappa shape index (κ1) is 15.0. The van der Waals surface area contributed by atoms with Gasteiger partial charge in [0.2, 0.25) is 0 Å². The number of hydrogen-bond donors (Lipinski definition) is 0. The Morgan fingerprint density at radius 2 is 2.10 bits per heavy atom. The molecule has 0 saturated heterocycles. The molecule has 0 atom stereocenters. The van der Waals surface area contributed by atoms with Crippen LogP contribution >= 0.6 is 15.9 Å². The topological polar surface area (TPSA) is 52.6 Å². The fourth-order valence-corrected chi connectivity index (χ4v) is 2.21. The maximum Gasteiger partial charge on any atom is 0.379 e. The second kappa shape index (κ2) is 6.35. The summed E-state index contributed by atoms with van der Waals surface area (Å²) in [7, 11) is 0. The molecule has 1 aliphatic carbocycles. The van der Waals surface area contributed by atoms with Crippen molar-refractivity contribution in [3.8, 4) is 5.75 Å². The molecular formula is C14H14BrFO4. The Bertz CT molecular complexity index is 540. The first-order chi connectivity index (χ1) is 9.52. The molecular weight excluding hydrogens is 331 g/mol. The molecule has 1 fully saturated rings. The van der Waals surface area contributed by atoms with Gasteiger partial charge in [0.05, 0.1) is 23.2 Å². The van der Waals surface area contributed by atoms with E-state index in [-0.39, 0.29) is 17.9 Å². The van der Waals surface area contributed by atoms with Crippen molar-refractivity contribution in [3.63, 3.8) is 0 Å². The summed E-state index contributed by atoms with van der Waals surface area (Å²) in [6.45, 7) is 2.13. The number of benzene rings is 1. The number of Topliss-reactive ketones (excluding diaryl/α,β-unsaturated/α-hetero) is 1. The first-order valence-corrected chi connectivity index (χ1v) is 7.15. The largest absolute Gasteiger partial charge is 0.491 e. The number of carbonyl (C=O) groups excluding carboxylic acids is 2. The summed E-state index contributed by atoms with van der Waals surface area (Å²) in [5.74, 6) is -1.88. The Kier molecular flexibility index (Phi) is 4.75. The molecule has 6 heteroatoms. The SMILES string of the molecule is CCOC(=O)C(=O)c1cc(F)cc(Br)c1OCC1CC1. The monoisotopic (exact) mass is 344 g/mol. The van der Waals surface area contributed by atoms with E-state index in [9.17, 15) is 14.0 Å². The maximum absolute atomic E-state index is 13.4. The summed E-state index contributed by atoms with van der Waals surface area (Å²) < 4.78 is 24.0. The zero-order chi connectivity index (χ0) is 14.7. The van der Waals surface area contributed by atoms with Crippen LogP contribution in [-0.4, -0.2) is 25.0 Å². The lowest BCUT2D eigenvalue weighted by molar-refractivity contribution is -0.137. The van der Waals surface area contributed by atoms with Gasteiger partial charge in [-0.05, 0) is 53.7 Å². The standard InChI is InChI=1S/C14H14BrFO4/c1-2-19-14(18)12(17)10-5-9(16)6-11(15)13(10)20-7-8-3-4-8/h5-6,8H,2-4,7H2,1H3. The number of hydrogen-bond acceptors (Lipinski definition) is 4. The number of halogens is 2. The lowest BCUT2D eigenvalue weighted by Crippen LogP contribution is -2.19. The highest BCUT2D eigenvalue weighted by molar-refractivity contribution is 9.10. The van der Waals surface area contributed by atoms with Crippen LogP contribution in [0.1, 0.15) is 30.1 Å². The summed E-state index contributed by atoms with van der Waals surface area (Å²) in [5, 5.41) is 0. The van der Waals surface area contributed by atoms with Crippen LogP contribution in [0.5, 0.6) is 5.75 Å². The van der Waals surface area contributed by atoms with E-state index in [0.717, 1.165) is 18.9 Å². The third kappa shape index (κ3) is 3.56. The Labute approximate surface area is 124 Å². The maximum atomic E-state index is 13.4. The molecule has 0 heterocycles. The molecule has 108 valence electrons. The Hall–Kier alpha value is -1.43. The average molecular weight is 345 g/mol. The second-order valence-electron chi connectivity index (χ2n) is 4.57. The van der Waals surface area contributed by atoms with Crippen LogP contribution in [0.25, 0.3) is 0 Å². The van der Waals surface area contributed by atoms with E-state index < -0.39 is 17.6 Å². The molecule has 20 heavy (non-hydrogen) atoms. The van der Waals surface area contributed by atoms with Gasteiger partial charge in [-0.3, -0.25) is 4.79 Å². The van der Waals surface area contributed by atoms with Gasteiger partial charge in [-0.15, -0.1) is 0 Å². The third-order valence-corrected chi connectivity index (χ3v) is 3.46. The molecule has 0 spiro atoms. The van der Waals surface area contributed by atoms with Gasteiger partial charge in [0, 0.05) is 0 Å². The summed E-state index contributed by atoms with van der Waals surface area (Å²) in [6, 6.07) is 2.19. The van der Waals surface area contributed by atoms with Crippen molar-refractivity contribution in [3.05, 3.63) is 28.0 Å². The Morgan fingerprint density at radius 1 is 1.40 bits per heavy atom. The molecule has 0 bridgehead atoms. The molecule has 1 saturated carbocycles. The van der Waals surface area contributed by atoms with Gasteiger partial charge in [-0.1, -0.05) is 0 Å². The molecule has 0 N–H and O–H groups in total. The molecule has 0 amide bonds. The van der Waals surface area contributed by atoms with Crippen LogP contribution in [0.15, 0.2) is 16.6 Å². The summed E-state index contributed by atoms with van der Waals surface area (Å²) in [5.41, 5.74) is -0.115. The number of carbonyl (C=O) groups is 2. The molecule has 4 nitrogen and oxygen atoms in total. The van der Waals surface area contributed by atoms with Gasteiger partial charge < -0.3 is 9.47 Å². The molecule has 1 aromatic rings. The van der Waals surface area contributed by atoms with Crippen LogP contribution in [0.2, 0.25) is 0 Å². The number of ether oxygens (including phenoxy) is 2. The minimum absolute atomic E-state index is 0.0827. The highest BCUT2D eigenvalue weighted by Crippen LogP contribution is 2.34. The van der Waals surface area contributed by atoms with Crippen LogP contribution in [-0.2, 0) is 9.53 Å². The van der Waals surface area contributed by atoms with Crippen molar-refractivity contribution < 1.29 is 23.5 Å². The lowest BCUT2D eigenvalue weighted by Gasteiger charge is -2.12. The van der Waals surface area contributed by atoms with Gasteiger partial charge >= 0.3 is 5.97 Å². The van der Waals surface area contributed by atoms with Crippen molar-refractivity contribution in [2.45, 2.75) is 19.8 Å². The lowest BCUT2D eigenvalue weighted by atomic mass is 10.1. The average Bonchev–Trinajstić information content (AvgIpc) is 3.20. The van der Waals surface area contributed by atoms with E-state index in [4.69, 9.17) is 4.74 Å². The van der Waals surface area contributed by atoms with Gasteiger partial charge in [0.25, 0.3) is 5.78 Å². The third-order valence-electron chi connectivity index (χ3n) is 2.87. The number of rotatable bonds is 6. The van der Waals surface area contributed by atoms with Crippen LogP contribution in [0, 0.1) is 11.7 Å². The summed E-state index contributed by atoms with van der Waals surface area (Å²) in [4.78, 5) is 23.5. The molecule has 0 aromatic heterocycles. The van der Waals surface area contributed by atoms with E-state index >= 15 is 0 Å². The number of esters is 1. The first-order valence-electron chi connectivity index (χ1n) is 6.36. The van der Waals surface area contributed by atoms with Crippen molar-refractivity contribution in [2.24, 2.45) is 5.92 Å². The van der Waals surface area contributed by atoms with E-state index in [1.807, 2.05) is 0 Å². The molecule has 1 aliphatic rings. The van der Waals surface area contributed by atoms with Crippen molar-refractivity contribution >= 4 is 27.7 Å². The predicted octanol–water partition coefficient (Wildman–Crippen LogP) is 3.12.